The Morgan fingerprint density at radius 1 is 1.20 bits per heavy atom. The third-order valence-corrected chi connectivity index (χ3v) is 2.63. The summed E-state index contributed by atoms with van der Waals surface area (Å²) < 4.78 is 0. The third-order valence-electron chi connectivity index (χ3n) is 2.63. The van der Waals surface area contributed by atoms with E-state index in [0.717, 1.165) is 6.42 Å². The molecule has 1 aromatic carbocycles. The Kier molecular flexibility index (Phi) is 3.23. The maximum absolute atomic E-state index is 3.49. The summed E-state index contributed by atoms with van der Waals surface area (Å²) >= 11 is 0. The van der Waals surface area contributed by atoms with Crippen molar-refractivity contribution < 1.29 is 0 Å². The molecule has 1 aliphatic rings. The van der Waals surface area contributed by atoms with E-state index in [9.17, 15) is 0 Å². The van der Waals surface area contributed by atoms with Crippen LogP contribution in [0.2, 0.25) is 0 Å². The molecule has 0 bridgehead atoms. The van der Waals surface area contributed by atoms with Crippen LogP contribution in [0.5, 0.6) is 0 Å². The molecule has 0 unspecified atom stereocenters. The quantitative estimate of drug-likeness (QED) is 0.769. The molecule has 0 saturated heterocycles. The highest BCUT2D eigenvalue weighted by atomic mass is 14.9. The predicted molar refractivity (Wildman–Crippen MR) is 66.7 cm³/mol. The molecule has 0 atom stereocenters. The minimum atomic E-state index is 1.13. The van der Waals surface area contributed by atoms with Crippen molar-refractivity contribution in [3.63, 3.8) is 0 Å². The highest BCUT2D eigenvalue weighted by Gasteiger charge is 2.03. The first kappa shape index (κ1) is 10.0. The van der Waals surface area contributed by atoms with E-state index in [1.807, 2.05) is 0 Å². The van der Waals surface area contributed by atoms with Crippen LogP contribution in [0.4, 0.5) is 5.69 Å². The zero-order chi connectivity index (χ0) is 10.5. The summed E-state index contributed by atoms with van der Waals surface area (Å²) in [6.45, 7) is 2.22. The Hall–Kier alpha value is -1.50. The van der Waals surface area contributed by atoms with E-state index < -0.39 is 0 Å². The summed E-state index contributed by atoms with van der Waals surface area (Å²) in [4.78, 5) is 0. The first-order chi connectivity index (χ1) is 7.40. The molecule has 0 aliphatic carbocycles. The van der Waals surface area contributed by atoms with Crippen molar-refractivity contribution in [2.45, 2.75) is 26.2 Å². The number of hydrogen-bond donors (Lipinski definition) is 1. The molecule has 1 nitrogen and oxygen atoms in total. The number of fused-ring (bicyclic) bond motifs is 1. The van der Waals surface area contributed by atoms with Gasteiger partial charge in [0.05, 0.1) is 0 Å². The summed E-state index contributed by atoms with van der Waals surface area (Å²) in [5, 5.41) is 3.49. The topological polar surface area (TPSA) is 12.0 Å². The van der Waals surface area contributed by atoms with Crippen LogP contribution in [0.25, 0.3) is 6.08 Å². The molecule has 0 amide bonds. The highest BCUT2D eigenvalue weighted by Crippen LogP contribution is 2.23. The molecule has 0 radical (unpaired) electrons. The molecule has 0 fully saturated rings. The second kappa shape index (κ2) is 4.83. The monoisotopic (exact) mass is 199 g/mol. The van der Waals surface area contributed by atoms with Gasteiger partial charge >= 0.3 is 0 Å². The van der Waals surface area contributed by atoms with E-state index >= 15 is 0 Å². The number of unbranched alkanes of at least 4 members (excludes halogenated alkanes) is 1. The lowest BCUT2D eigenvalue weighted by atomic mass is 10.1. The Morgan fingerprint density at radius 3 is 2.93 bits per heavy atom. The smallest absolute Gasteiger partial charge is 0.0455 e. The van der Waals surface area contributed by atoms with Gasteiger partial charge in [-0.2, -0.15) is 0 Å². The molecule has 0 aromatic heterocycles. The largest absolute Gasteiger partial charge is 0.358 e. The minimum absolute atomic E-state index is 1.13. The second-order valence-electron chi connectivity index (χ2n) is 3.87. The van der Waals surface area contributed by atoms with Gasteiger partial charge in [-0.05, 0) is 30.5 Å². The van der Waals surface area contributed by atoms with Crippen molar-refractivity contribution in [3.8, 4) is 0 Å². The number of para-hydroxylation sites is 1. The van der Waals surface area contributed by atoms with Gasteiger partial charge in [0.1, 0.15) is 0 Å². The van der Waals surface area contributed by atoms with Crippen LogP contribution in [0.1, 0.15) is 31.7 Å². The van der Waals surface area contributed by atoms with E-state index in [1.165, 1.54) is 29.8 Å². The summed E-state index contributed by atoms with van der Waals surface area (Å²) in [6, 6.07) is 8.41. The fourth-order valence-corrected chi connectivity index (χ4v) is 1.75. The van der Waals surface area contributed by atoms with Gasteiger partial charge in [-0.3, -0.25) is 0 Å². The van der Waals surface area contributed by atoms with E-state index in [4.69, 9.17) is 0 Å². The molecular formula is C14H17N. The van der Waals surface area contributed by atoms with E-state index in [0.29, 0.717) is 0 Å². The normalized spacial score (nSPS) is 13.8. The van der Waals surface area contributed by atoms with E-state index in [-0.39, 0.29) is 0 Å². The number of benzene rings is 1. The third kappa shape index (κ3) is 2.50. The predicted octanol–water partition coefficient (Wildman–Crippen LogP) is 4.20. The van der Waals surface area contributed by atoms with Crippen molar-refractivity contribution in [3.05, 3.63) is 47.7 Å². The van der Waals surface area contributed by atoms with Crippen LogP contribution < -0.4 is 5.32 Å². The first-order valence-electron chi connectivity index (χ1n) is 5.63. The van der Waals surface area contributed by atoms with Crippen molar-refractivity contribution in [2.75, 3.05) is 5.32 Å². The second-order valence-corrected chi connectivity index (χ2v) is 3.87. The number of rotatable bonds is 3. The summed E-state index contributed by atoms with van der Waals surface area (Å²) in [7, 11) is 0. The van der Waals surface area contributed by atoms with Gasteiger partial charge in [-0.1, -0.05) is 43.7 Å². The van der Waals surface area contributed by atoms with Crippen LogP contribution >= 0.6 is 0 Å². The number of allylic oxidation sites excluding steroid dienone is 3. The van der Waals surface area contributed by atoms with Crippen molar-refractivity contribution >= 4 is 11.8 Å². The molecule has 1 heterocycles. The van der Waals surface area contributed by atoms with Crippen molar-refractivity contribution in [1.82, 2.24) is 0 Å². The number of anilines is 1. The zero-order valence-electron chi connectivity index (χ0n) is 9.16. The molecule has 1 heteroatoms. The van der Waals surface area contributed by atoms with Gasteiger partial charge in [-0.15, -0.1) is 0 Å². The van der Waals surface area contributed by atoms with Gasteiger partial charge in [0.25, 0.3) is 0 Å². The number of hydrogen-bond acceptors (Lipinski definition) is 1. The maximum atomic E-state index is 3.49. The average Bonchev–Trinajstić information content (AvgIpc) is 2.47. The van der Waals surface area contributed by atoms with Crippen LogP contribution in [0.3, 0.4) is 0 Å². The van der Waals surface area contributed by atoms with Crippen LogP contribution in [0, 0.1) is 0 Å². The standard InChI is InChI=1S/C14H17N/c1-2-3-9-13-10-6-8-12-7-4-5-11-14(12)15-13/h4-8,10-11,15H,2-3,9H2,1H3. The highest BCUT2D eigenvalue weighted by molar-refractivity contribution is 5.70. The Balaban J connectivity index is 2.16. The summed E-state index contributed by atoms with van der Waals surface area (Å²) in [6.07, 6.45) is 10.1. The fourth-order valence-electron chi connectivity index (χ4n) is 1.75. The lowest BCUT2D eigenvalue weighted by molar-refractivity contribution is 0.790. The van der Waals surface area contributed by atoms with E-state index in [2.05, 4.69) is 54.7 Å². The van der Waals surface area contributed by atoms with Crippen LogP contribution in [-0.2, 0) is 0 Å². The van der Waals surface area contributed by atoms with Gasteiger partial charge in [0.2, 0.25) is 0 Å². The lowest BCUT2D eigenvalue weighted by Crippen LogP contribution is -1.99. The maximum Gasteiger partial charge on any atom is 0.0455 e. The molecule has 15 heavy (non-hydrogen) atoms. The van der Waals surface area contributed by atoms with Gasteiger partial charge in [-0.25, -0.2) is 0 Å². The van der Waals surface area contributed by atoms with Crippen molar-refractivity contribution in [1.29, 1.82) is 0 Å². The molecule has 2 rings (SSSR count). The minimum Gasteiger partial charge on any atom is -0.358 e. The average molecular weight is 199 g/mol. The van der Waals surface area contributed by atoms with Gasteiger partial charge in [0, 0.05) is 11.4 Å². The Bertz CT molecular complexity index is 388. The Morgan fingerprint density at radius 2 is 2.07 bits per heavy atom. The first-order valence-corrected chi connectivity index (χ1v) is 5.63. The Labute approximate surface area is 91.5 Å². The lowest BCUT2D eigenvalue weighted by Gasteiger charge is -2.10. The SMILES string of the molecule is CCCCC1=CC=Cc2ccccc2N1. The molecule has 1 aliphatic heterocycles. The molecular weight excluding hydrogens is 182 g/mol. The van der Waals surface area contributed by atoms with E-state index in [1.54, 1.807) is 0 Å². The van der Waals surface area contributed by atoms with Crippen LogP contribution in [-0.4, -0.2) is 0 Å². The molecule has 1 aromatic rings. The summed E-state index contributed by atoms with van der Waals surface area (Å²) in [5.41, 5.74) is 3.80. The molecule has 1 N–H and O–H groups in total. The van der Waals surface area contributed by atoms with Gasteiger partial charge in [0.15, 0.2) is 0 Å². The van der Waals surface area contributed by atoms with Crippen molar-refractivity contribution in [2.24, 2.45) is 0 Å². The zero-order valence-corrected chi connectivity index (χ0v) is 9.16. The molecule has 0 saturated carbocycles. The molecule has 0 spiro atoms. The molecule has 78 valence electrons. The fraction of sp³-hybridized carbons (Fsp3) is 0.286. The van der Waals surface area contributed by atoms with Gasteiger partial charge < -0.3 is 5.32 Å². The van der Waals surface area contributed by atoms with Crippen LogP contribution in [0.15, 0.2) is 42.1 Å². The number of nitrogens with one attached hydrogen (secondary N) is 1. The summed E-state index contributed by atoms with van der Waals surface area (Å²) in [5.74, 6) is 0.